The number of nitrogens with zero attached hydrogens (tertiary/aromatic N) is 3. The quantitative estimate of drug-likeness (QED) is 0.725. The van der Waals surface area contributed by atoms with Crippen molar-refractivity contribution in [1.29, 1.82) is 0 Å². The van der Waals surface area contributed by atoms with Gasteiger partial charge in [-0.1, -0.05) is 24.4 Å². The second-order valence-corrected chi connectivity index (χ2v) is 4.76. The number of imidazole rings is 1. The van der Waals surface area contributed by atoms with E-state index in [4.69, 9.17) is 18.0 Å². The summed E-state index contributed by atoms with van der Waals surface area (Å²) in [7, 11) is 0. The minimum atomic E-state index is 0.371. The van der Waals surface area contributed by atoms with E-state index in [1.54, 1.807) is 6.33 Å². The number of benzene rings is 1. The van der Waals surface area contributed by atoms with Crippen LogP contribution in [0.25, 0.3) is 16.9 Å². The van der Waals surface area contributed by atoms with Gasteiger partial charge in [0.2, 0.25) is 0 Å². The molecule has 0 amide bonds. The van der Waals surface area contributed by atoms with Crippen molar-refractivity contribution in [1.82, 2.24) is 14.5 Å². The molecule has 0 radical (unpaired) electrons. The number of fused-ring (bicyclic) bond motifs is 1. The molecule has 19 heavy (non-hydrogen) atoms. The van der Waals surface area contributed by atoms with Crippen LogP contribution in [0.4, 0.5) is 0 Å². The summed E-state index contributed by atoms with van der Waals surface area (Å²) in [6.45, 7) is 1.92. The van der Waals surface area contributed by atoms with E-state index in [9.17, 15) is 0 Å². The Labute approximate surface area is 115 Å². The molecular formula is C14H12N4S. The molecule has 0 bridgehead atoms. The number of thiocarbonyl (C=S) groups is 1. The first-order chi connectivity index (χ1) is 9.15. The highest BCUT2D eigenvalue weighted by Crippen LogP contribution is 2.18. The van der Waals surface area contributed by atoms with Crippen LogP contribution >= 0.6 is 12.2 Å². The summed E-state index contributed by atoms with van der Waals surface area (Å²) < 4.78 is 1.93. The van der Waals surface area contributed by atoms with Gasteiger partial charge in [-0.2, -0.15) is 0 Å². The summed E-state index contributed by atoms with van der Waals surface area (Å²) >= 11 is 5.03. The maximum atomic E-state index is 5.70. The largest absolute Gasteiger partial charge is 0.389 e. The molecule has 0 spiro atoms. The van der Waals surface area contributed by atoms with Gasteiger partial charge in [0.15, 0.2) is 0 Å². The van der Waals surface area contributed by atoms with Crippen molar-refractivity contribution in [2.75, 3.05) is 0 Å². The molecule has 2 aromatic heterocycles. The minimum absolute atomic E-state index is 0.371. The molecule has 0 unspecified atom stereocenters. The normalized spacial score (nSPS) is 10.8. The number of rotatable bonds is 2. The van der Waals surface area contributed by atoms with Crippen molar-refractivity contribution in [3.8, 4) is 5.82 Å². The molecule has 0 fully saturated rings. The molecule has 5 heteroatoms. The molecule has 3 aromatic rings. The molecule has 0 aliphatic rings. The zero-order valence-corrected chi connectivity index (χ0v) is 11.2. The summed E-state index contributed by atoms with van der Waals surface area (Å²) in [6.07, 6.45) is 1.76. The number of aryl methyl sites for hydroxylation is 1. The van der Waals surface area contributed by atoms with Crippen LogP contribution in [-0.2, 0) is 0 Å². The van der Waals surface area contributed by atoms with E-state index in [2.05, 4.69) is 9.97 Å². The fourth-order valence-electron chi connectivity index (χ4n) is 2.06. The Morgan fingerprint density at radius 2 is 2.05 bits per heavy atom. The van der Waals surface area contributed by atoms with E-state index in [0.29, 0.717) is 4.99 Å². The molecule has 2 N–H and O–H groups in total. The lowest BCUT2D eigenvalue weighted by Gasteiger charge is -2.07. The van der Waals surface area contributed by atoms with Crippen molar-refractivity contribution in [2.45, 2.75) is 6.92 Å². The highest BCUT2D eigenvalue weighted by molar-refractivity contribution is 7.80. The van der Waals surface area contributed by atoms with Crippen LogP contribution in [0.15, 0.2) is 42.7 Å². The third-order valence-electron chi connectivity index (χ3n) is 2.92. The van der Waals surface area contributed by atoms with Crippen molar-refractivity contribution >= 4 is 28.2 Å². The van der Waals surface area contributed by atoms with E-state index >= 15 is 0 Å². The van der Waals surface area contributed by atoms with Gasteiger partial charge < -0.3 is 5.73 Å². The second kappa shape index (κ2) is 4.44. The maximum Gasteiger partial charge on any atom is 0.139 e. The summed E-state index contributed by atoms with van der Waals surface area (Å²) in [5.41, 5.74) is 9.33. The van der Waals surface area contributed by atoms with Gasteiger partial charge in [-0.3, -0.25) is 4.57 Å². The number of nitrogens with two attached hydrogens (primary N) is 1. The van der Waals surface area contributed by atoms with Crippen LogP contribution < -0.4 is 5.73 Å². The molecule has 0 aliphatic heterocycles. The lowest BCUT2D eigenvalue weighted by Crippen LogP contribution is -2.11. The Kier molecular flexibility index (Phi) is 2.76. The second-order valence-electron chi connectivity index (χ2n) is 4.32. The zero-order valence-electron chi connectivity index (χ0n) is 10.4. The van der Waals surface area contributed by atoms with Crippen molar-refractivity contribution in [2.24, 2.45) is 5.73 Å². The van der Waals surface area contributed by atoms with Crippen LogP contribution in [0.3, 0.4) is 0 Å². The van der Waals surface area contributed by atoms with Crippen molar-refractivity contribution in [3.63, 3.8) is 0 Å². The zero-order chi connectivity index (χ0) is 13.4. The highest BCUT2D eigenvalue weighted by atomic mass is 32.1. The topological polar surface area (TPSA) is 56.7 Å². The molecule has 94 valence electrons. The highest BCUT2D eigenvalue weighted by Gasteiger charge is 2.08. The van der Waals surface area contributed by atoms with Crippen LogP contribution in [0.1, 0.15) is 11.3 Å². The molecule has 1 aromatic carbocycles. The molecule has 0 saturated carbocycles. The summed E-state index contributed by atoms with van der Waals surface area (Å²) in [5.74, 6) is 0.775. The van der Waals surface area contributed by atoms with Gasteiger partial charge >= 0.3 is 0 Å². The smallest absolute Gasteiger partial charge is 0.139 e. The number of hydrogen-bond acceptors (Lipinski definition) is 3. The van der Waals surface area contributed by atoms with Crippen LogP contribution in [0, 0.1) is 6.92 Å². The Hall–Kier alpha value is -2.27. The summed E-state index contributed by atoms with van der Waals surface area (Å²) in [5, 5.41) is 0. The third kappa shape index (κ3) is 2.08. The summed E-state index contributed by atoms with van der Waals surface area (Å²) in [4.78, 5) is 9.25. The average molecular weight is 268 g/mol. The number of aromatic nitrogens is 3. The van der Waals surface area contributed by atoms with Crippen LogP contribution in [0.5, 0.6) is 0 Å². The van der Waals surface area contributed by atoms with Crippen molar-refractivity contribution in [3.05, 3.63) is 54.0 Å². The Morgan fingerprint density at radius 3 is 2.84 bits per heavy atom. The fourth-order valence-corrected chi connectivity index (χ4v) is 2.18. The number of pyridine rings is 1. The first-order valence-corrected chi connectivity index (χ1v) is 6.27. The standard InChI is InChI=1S/C14H12N4S/c1-9-6-10(14(15)19)7-13(17-9)18-8-16-11-4-2-3-5-12(11)18/h2-8H,1H3,(H2,15,19). The van der Waals surface area contributed by atoms with E-state index < -0.39 is 0 Å². The lowest BCUT2D eigenvalue weighted by molar-refractivity contribution is 0.999. The first kappa shape index (κ1) is 11.8. The van der Waals surface area contributed by atoms with E-state index in [-0.39, 0.29) is 0 Å². The van der Waals surface area contributed by atoms with Crippen LogP contribution in [-0.4, -0.2) is 19.5 Å². The molecular weight excluding hydrogens is 256 g/mol. The van der Waals surface area contributed by atoms with Gasteiger partial charge in [-0.15, -0.1) is 0 Å². The van der Waals surface area contributed by atoms with Gasteiger partial charge in [0.05, 0.1) is 11.0 Å². The Balaban J connectivity index is 2.24. The van der Waals surface area contributed by atoms with Gasteiger partial charge in [-0.25, -0.2) is 9.97 Å². The van der Waals surface area contributed by atoms with Gasteiger partial charge in [0.1, 0.15) is 17.1 Å². The Morgan fingerprint density at radius 1 is 1.26 bits per heavy atom. The van der Waals surface area contributed by atoms with Gasteiger partial charge in [-0.05, 0) is 31.2 Å². The average Bonchev–Trinajstić information content (AvgIpc) is 2.81. The van der Waals surface area contributed by atoms with Gasteiger partial charge in [0.25, 0.3) is 0 Å². The van der Waals surface area contributed by atoms with Crippen LogP contribution in [0.2, 0.25) is 0 Å². The minimum Gasteiger partial charge on any atom is -0.389 e. The molecule has 0 atom stereocenters. The van der Waals surface area contributed by atoms with Crippen molar-refractivity contribution < 1.29 is 0 Å². The number of hydrogen-bond donors (Lipinski definition) is 1. The van der Waals surface area contributed by atoms with E-state index in [1.807, 2.05) is 47.9 Å². The monoisotopic (exact) mass is 268 g/mol. The molecule has 2 heterocycles. The molecule has 4 nitrogen and oxygen atoms in total. The van der Waals surface area contributed by atoms with E-state index in [1.165, 1.54) is 0 Å². The maximum absolute atomic E-state index is 5.70. The molecule has 0 aliphatic carbocycles. The van der Waals surface area contributed by atoms with Gasteiger partial charge in [0, 0.05) is 11.3 Å². The summed E-state index contributed by atoms with van der Waals surface area (Å²) in [6, 6.07) is 11.7. The first-order valence-electron chi connectivity index (χ1n) is 5.86. The SMILES string of the molecule is Cc1cc(C(N)=S)cc(-n2cnc3ccccc32)n1. The molecule has 3 rings (SSSR count). The third-order valence-corrected chi connectivity index (χ3v) is 3.16. The predicted octanol–water partition coefficient (Wildman–Crippen LogP) is 2.36. The Bertz CT molecular complexity index is 776. The van der Waals surface area contributed by atoms with E-state index in [0.717, 1.165) is 28.1 Å². The molecule has 0 saturated heterocycles. The fraction of sp³-hybridized carbons (Fsp3) is 0.0714. The number of para-hydroxylation sites is 2. The predicted molar refractivity (Wildman–Crippen MR) is 79.5 cm³/mol. The lowest BCUT2D eigenvalue weighted by atomic mass is 10.2.